The van der Waals surface area contributed by atoms with E-state index in [9.17, 15) is 18.0 Å². The van der Waals surface area contributed by atoms with Crippen LogP contribution < -0.4 is 5.32 Å². The summed E-state index contributed by atoms with van der Waals surface area (Å²) in [6.45, 7) is 0.322. The number of hydrogen-bond donors (Lipinski definition) is 1. The fourth-order valence-electron chi connectivity index (χ4n) is 3.24. The lowest BCUT2D eigenvalue weighted by atomic mass is 9.97. The number of nitrogens with zero attached hydrogens (tertiary/aromatic N) is 4. The Hall–Kier alpha value is -2.84. The van der Waals surface area contributed by atoms with Gasteiger partial charge in [-0.1, -0.05) is 6.07 Å². The molecule has 0 aromatic carbocycles. The fraction of sp³-hybridized carbons (Fsp3) is 0.353. The molecule has 136 valence electrons. The molecular weight excluding hydrogens is 347 g/mol. The summed E-state index contributed by atoms with van der Waals surface area (Å²) in [7, 11) is 0. The summed E-state index contributed by atoms with van der Waals surface area (Å²) < 4.78 is 42.1. The van der Waals surface area contributed by atoms with Crippen LogP contribution in [0.5, 0.6) is 0 Å². The molecule has 1 aliphatic rings. The maximum atomic E-state index is 12.9. The van der Waals surface area contributed by atoms with Gasteiger partial charge in [-0.05, 0) is 24.6 Å². The predicted octanol–water partition coefficient (Wildman–Crippen LogP) is 2.59. The molecule has 1 amide bonds. The average Bonchev–Trinajstić information content (AvgIpc) is 3.22. The smallest absolute Gasteiger partial charge is 0.345 e. The first kappa shape index (κ1) is 16.6. The fourth-order valence-corrected chi connectivity index (χ4v) is 3.24. The van der Waals surface area contributed by atoms with Crippen LogP contribution in [-0.2, 0) is 19.5 Å². The molecule has 3 aromatic heterocycles. The minimum absolute atomic E-state index is 0.000363. The summed E-state index contributed by atoms with van der Waals surface area (Å²) in [4.78, 5) is 12.3. The third-order valence-electron chi connectivity index (χ3n) is 4.67. The van der Waals surface area contributed by atoms with Crippen LogP contribution in [0.3, 0.4) is 0 Å². The Morgan fingerprint density at radius 2 is 2.15 bits per heavy atom. The van der Waals surface area contributed by atoms with Gasteiger partial charge in [0.05, 0.1) is 18.0 Å². The van der Waals surface area contributed by atoms with Crippen LogP contribution in [0.25, 0.3) is 5.52 Å². The number of carbonyl (C=O) groups excluding carboxylic acids is 1. The molecule has 1 aliphatic heterocycles. The highest BCUT2D eigenvalue weighted by molar-refractivity contribution is 5.95. The van der Waals surface area contributed by atoms with E-state index in [2.05, 4.69) is 15.5 Å². The van der Waals surface area contributed by atoms with Gasteiger partial charge in [-0.3, -0.25) is 4.79 Å². The number of fused-ring (bicyclic) bond motifs is 2. The molecule has 4 rings (SSSR count). The van der Waals surface area contributed by atoms with E-state index in [1.807, 2.05) is 28.8 Å². The van der Waals surface area contributed by atoms with E-state index in [1.54, 1.807) is 16.8 Å². The van der Waals surface area contributed by atoms with E-state index in [0.29, 0.717) is 17.2 Å². The average molecular weight is 363 g/mol. The van der Waals surface area contributed by atoms with Crippen molar-refractivity contribution in [1.29, 1.82) is 0 Å². The zero-order chi connectivity index (χ0) is 18.3. The van der Waals surface area contributed by atoms with Gasteiger partial charge >= 0.3 is 6.18 Å². The van der Waals surface area contributed by atoms with Crippen molar-refractivity contribution in [2.75, 3.05) is 0 Å². The first-order valence-electron chi connectivity index (χ1n) is 8.24. The molecule has 0 saturated carbocycles. The molecule has 3 aromatic rings. The highest BCUT2D eigenvalue weighted by Gasteiger charge is 2.42. The third kappa shape index (κ3) is 3.04. The molecule has 0 fully saturated rings. The third-order valence-corrected chi connectivity index (χ3v) is 4.67. The van der Waals surface area contributed by atoms with Crippen LogP contribution in [0.4, 0.5) is 13.2 Å². The molecule has 0 bridgehead atoms. The van der Waals surface area contributed by atoms with Gasteiger partial charge in [0.25, 0.3) is 5.91 Å². The van der Waals surface area contributed by atoms with Crippen molar-refractivity contribution in [3.8, 4) is 0 Å². The van der Waals surface area contributed by atoms with Crippen LogP contribution in [0.15, 0.2) is 36.7 Å². The maximum absolute atomic E-state index is 12.9. The van der Waals surface area contributed by atoms with Crippen molar-refractivity contribution in [2.45, 2.75) is 32.1 Å². The van der Waals surface area contributed by atoms with E-state index in [-0.39, 0.29) is 31.8 Å². The Bertz CT molecular complexity index is 926. The largest absolute Gasteiger partial charge is 0.392 e. The number of amides is 1. The molecule has 1 N–H and O–H groups in total. The molecule has 0 unspecified atom stereocenters. The summed E-state index contributed by atoms with van der Waals surface area (Å²) in [5.41, 5.74) is 1.41. The lowest BCUT2D eigenvalue weighted by molar-refractivity contribution is -0.179. The van der Waals surface area contributed by atoms with Crippen LogP contribution in [-0.4, -0.2) is 31.2 Å². The lowest BCUT2D eigenvalue weighted by Gasteiger charge is -2.25. The van der Waals surface area contributed by atoms with Crippen LogP contribution >= 0.6 is 0 Å². The molecule has 6 nitrogen and oxygen atoms in total. The number of pyridine rings is 1. The van der Waals surface area contributed by atoms with Crippen molar-refractivity contribution in [3.05, 3.63) is 53.9 Å². The summed E-state index contributed by atoms with van der Waals surface area (Å²) in [6, 6.07) is 7.41. The van der Waals surface area contributed by atoms with E-state index >= 15 is 0 Å². The zero-order valence-corrected chi connectivity index (χ0v) is 13.7. The number of aromatic nitrogens is 4. The molecule has 26 heavy (non-hydrogen) atoms. The predicted molar refractivity (Wildman–Crippen MR) is 86.5 cm³/mol. The summed E-state index contributed by atoms with van der Waals surface area (Å²) in [5.74, 6) is -0.861. The molecule has 4 heterocycles. The van der Waals surface area contributed by atoms with Crippen LogP contribution in [0.2, 0.25) is 0 Å². The van der Waals surface area contributed by atoms with E-state index in [1.165, 1.54) is 0 Å². The molecular formula is C17H16F3N5O. The van der Waals surface area contributed by atoms with Crippen molar-refractivity contribution in [2.24, 2.45) is 5.92 Å². The summed E-state index contributed by atoms with van der Waals surface area (Å²) in [6.07, 6.45) is -0.825. The van der Waals surface area contributed by atoms with Gasteiger partial charge < -0.3 is 14.3 Å². The van der Waals surface area contributed by atoms with Crippen molar-refractivity contribution < 1.29 is 18.0 Å². The summed E-state index contributed by atoms with van der Waals surface area (Å²) >= 11 is 0. The molecule has 9 heteroatoms. The second-order valence-electron chi connectivity index (χ2n) is 6.36. The minimum Gasteiger partial charge on any atom is -0.345 e. The maximum Gasteiger partial charge on any atom is 0.392 e. The van der Waals surface area contributed by atoms with Gasteiger partial charge in [0.15, 0.2) is 5.82 Å². The van der Waals surface area contributed by atoms with Gasteiger partial charge in [0.1, 0.15) is 5.82 Å². The molecule has 0 spiro atoms. The van der Waals surface area contributed by atoms with Crippen LogP contribution in [0, 0.1) is 5.92 Å². The van der Waals surface area contributed by atoms with Gasteiger partial charge in [-0.25, -0.2) is 0 Å². The number of alkyl halides is 3. The molecule has 0 saturated heterocycles. The lowest BCUT2D eigenvalue weighted by Crippen LogP contribution is -2.32. The van der Waals surface area contributed by atoms with E-state index in [4.69, 9.17) is 0 Å². The second kappa shape index (κ2) is 6.15. The highest BCUT2D eigenvalue weighted by atomic mass is 19.4. The van der Waals surface area contributed by atoms with Gasteiger partial charge in [-0.2, -0.15) is 13.2 Å². The number of nitrogens with one attached hydrogen (secondary N) is 1. The SMILES string of the molecule is O=C(NCc1nnc2n1CC[C@@H](C(F)(F)F)C2)c1cc2ccccn2c1. The van der Waals surface area contributed by atoms with Crippen molar-refractivity contribution in [1.82, 2.24) is 24.5 Å². The molecule has 0 radical (unpaired) electrons. The number of carbonyl (C=O) groups is 1. The zero-order valence-electron chi connectivity index (χ0n) is 13.7. The van der Waals surface area contributed by atoms with Crippen LogP contribution in [0.1, 0.15) is 28.4 Å². The Morgan fingerprint density at radius 3 is 2.92 bits per heavy atom. The number of rotatable bonds is 3. The highest BCUT2D eigenvalue weighted by Crippen LogP contribution is 2.34. The Balaban J connectivity index is 1.44. The Morgan fingerprint density at radius 1 is 1.31 bits per heavy atom. The van der Waals surface area contributed by atoms with Crippen molar-refractivity contribution in [3.63, 3.8) is 0 Å². The monoisotopic (exact) mass is 363 g/mol. The first-order valence-corrected chi connectivity index (χ1v) is 8.24. The molecule has 1 atom stereocenters. The van der Waals surface area contributed by atoms with Gasteiger partial charge in [-0.15, -0.1) is 10.2 Å². The van der Waals surface area contributed by atoms with Gasteiger partial charge in [0.2, 0.25) is 0 Å². The van der Waals surface area contributed by atoms with Gasteiger partial charge in [0, 0.05) is 30.9 Å². The second-order valence-corrected chi connectivity index (χ2v) is 6.36. The number of hydrogen-bond acceptors (Lipinski definition) is 3. The Labute approximate surface area is 146 Å². The summed E-state index contributed by atoms with van der Waals surface area (Å²) in [5, 5.41) is 10.6. The van der Waals surface area contributed by atoms with E-state index in [0.717, 1.165) is 5.52 Å². The number of halogens is 3. The van der Waals surface area contributed by atoms with Crippen molar-refractivity contribution >= 4 is 11.4 Å². The standard InChI is InChI=1S/C17H16F3N5O/c18-17(19,20)12-4-6-25-14(8-12)22-23-15(25)9-21-16(26)11-7-13-3-1-2-5-24(13)10-11/h1-3,5,7,10,12H,4,6,8-9H2,(H,21,26)/t12-/m1/s1. The quantitative estimate of drug-likeness (QED) is 0.778. The minimum atomic E-state index is -4.22. The van der Waals surface area contributed by atoms with E-state index < -0.39 is 12.1 Å². The Kier molecular flexibility index (Phi) is 3.93. The first-order chi connectivity index (χ1) is 12.4. The topological polar surface area (TPSA) is 64.2 Å². The normalized spacial score (nSPS) is 17.3. The molecule has 0 aliphatic carbocycles.